The van der Waals surface area contributed by atoms with Gasteiger partial charge in [-0.2, -0.15) is 0 Å². The number of hydrogen-bond acceptors (Lipinski definition) is 0. The normalized spacial score (nSPS) is 11.3. The summed E-state index contributed by atoms with van der Waals surface area (Å²) in [6.07, 6.45) is 0. The van der Waals surface area contributed by atoms with Crippen molar-refractivity contribution in [3.05, 3.63) is 78.1 Å². The van der Waals surface area contributed by atoms with Crippen LogP contribution in [0.15, 0.2) is 66.7 Å². The summed E-state index contributed by atoms with van der Waals surface area (Å²) < 4.78 is 15.8. The van der Waals surface area contributed by atoms with Crippen LogP contribution in [0.1, 0.15) is 5.56 Å². The lowest BCUT2D eigenvalue weighted by Gasteiger charge is -2.08. The van der Waals surface area contributed by atoms with Crippen molar-refractivity contribution < 1.29 is 4.39 Å². The lowest BCUT2D eigenvalue weighted by Crippen LogP contribution is -1.94. The van der Waals surface area contributed by atoms with Crippen molar-refractivity contribution in [2.24, 2.45) is 0 Å². The third-order valence-corrected chi connectivity index (χ3v) is 3.90. The molecule has 1 heterocycles. The van der Waals surface area contributed by atoms with Crippen molar-refractivity contribution in [1.29, 1.82) is 0 Å². The first-order valence-corrected chi connectivity index (χ1v) is 7.00. The summed E-state index contributed by atoms with van der Waals surface area (Å²) in [5.74, 6) is -0.217. The van der Waals surface area contributed by atoms with E-state index in [4.69, 9.17) is 0 Å². The Kier molecular flexibility index (Phi) is 2.58. The van der Waals surface area contributed by atoms with Crippen molar-refractivity contribution in [2.75, 3.05) is 0 Å². The molecule has 0 aliphatic rings. The van der Waals surface area contributed by atoms with E-state index >= 15 is 0 Å². The monoisotopic (exact) mass is 275 g/mol. The van der Waals surface area contributed by atoms with Crippen molar-refractivity contribution in [3.63, 3.8) is 0 Å². The lowest BCUT2D eigenvalue weighted by atomic mass is 10.1. The summed E-state index contributed by atoms with van der Waals surface area (Å²) in [6, 6.07) is 21.4. The smallest absolute Gasteiger partial charge is 0.125 e. The molecular weight excluding hydrogens is 261 g/mol. The van der Waals surface area contributed by atoms with Gasteiger partial charge in [0.05, 0.1) is 11.0 Å². The molecule has 0 aliphatic heterocycles. The van der Waals surface area contributed by atoms with Crippen LogP contribution in [0.3, 0.4) is 0 Å². The van der Waals surface area contributed by atoms with Gasteiger partial charge in [0.1, 0.15) is 5.82 Å². The molecule has 4 rings (SSSR count). The highest BCUT2D eigenvalue weighted by atomic mass is 19.1. The molecule has 0 fully saturated rings. The zero-order valence-corrected chi connectivity index (χ0v) is 11.7. The van der Waals surface area contributed by atoms with E-state index in [9.17, 15) is 4.39 Å². The van der Waals surface area contributed by atoms with Crippen LogP contribution in [-0.2, 0) is 0 Å². The maximum Gasteiger partial charge on any atom is 0.125 e. The van der Waals surface area contributed by atoms with E-state index in [1.165, 1.54) is 22.4 Å². The quantitative estimate of drug-likeness (QED) is 0.448. The molecule has 0 atom stereocenters. The summed E-state index contributed by atoms with van der Waals surface area (Å²) in [7, 11) is 0. The molecule has 21 heavy (non-hydrogen) atoms. The zero-order chi connectivity index (χ0) is 14.4. The number of rotatable bonds is 1. The van der Waals surface area contributed by atoms with E-state index < -0.39 is 0 Å². The highest BCUT2D eigenvalue weighted by molar-refractivity contribution is 6.09. The molecule has 0 bridgehead atoms. The molecular formula is C19H14FN. The Morgan fingerprint density at radius 2 is 1.57 bits per heavy atom. The van der Waals surface area contributed by atoms with Crippen LogP contribution in [0.25, 0.3) is 27.5 Å². The van der Waals surface area contributed by atoms with E-state index in [1.807, 2.05) is 18.2 Å². The minimum absolute atomic E-state index is 0.217. The van der Waals surface area contributed by atoms with E-state index in [0.717, 1.165) is 16.7 Å². The minimum atomic E-state index is -0.217. The van der Waals surface area contributed by atoms with Gasteiger partial charge in [-0.15, -0.1) is 0 Å². The summed E-state index contributed by atoms with van der Waals surface area (Å²) in [5, 5.41) is 2.39. The van der Waals surface area contributed by atoms with Crippen LogP contribution >= 0.6 is 0 Å². The third kappa shape index (κ3) is 1.83. The summed E-state index contributed by atoms with van der Waals surface area (Å²) in [5.41, 5.74) is 4.26. The van der Waals surface area contributed by atoms with Crippen molar-refractivity contribution in [1.82, 2.24) is 4.57 Å². The van der Waals surface area contributed by atoms with Gasteiger partial charge in [-0.05, 0) is 42.8 Å². The molecule has 3 aromatic carbocycles. The number of benzene rings is 3. The average Bonchev–Trinajstić information content (AvgIpc) is 2.80. The fraction of sp³-hybridized carbons (Fsp3) is 0.0526. The highest BCUT2D eigenvalue weighted by Gasteiger charge is 2.11. The number of fused-ring (bicyclic) bond motifs is 3. The van der Waals surface area contributed by atoms with Gasteiger partial charge >= 0.3 is 0 Å². The number of aromatic nitrogens is 1. The molecule has 0 radical (unpaired) electrons. The molecule has 4 aromatic rings. The highest BCUT2D eigenvalue weighted by Crippen LogP contribution is 2.32. The Morgan fingerprint density at radius 1 is 0.762 bits per heavy atom. The van der Waals surface area contributed by atoms with Crippen LogP contribution < -0.4 is 0 Å². The van der Waals surface area contributed by atoms with Crippen LogP contribution in [0.4, 0.5) is 4.39 Å². The first kappa shape index (κ1) is 12.2. The van der Waals surface area contributed by atoms with Crippen LogP contribution in [0, 0.1) is 12.7 Å². The Morgan fingerprint density at radius 3 is 2.43 bits per heavy atom. The molecule has 0 spiro atoms. The first-order valence-electron chi connectivity index (χ1n) is 7.00. The lowest BCUT2D eigenvalue weighted by molar-refractivity contribution is 0.627. The largest absolute Gasteiger partial charge is 0.309 e. The summed E-state index contributed by atoms with van der Waals surface area (Å²) in [6.45, 7) is 2.08. The number of para-hydroxylation sites is 1. The van der Waals surface area contributed by atoms with E-state index in [0.29, 0.717) is 0 Å². The third-order valence-electron chi connectivity index (χ3n) is 3.90. The number of nitrogens with zero attached hydrogens (tertiary/aromatic N) is 1. The van der Waals surface area contributed by atoms with E-state index in [1.54, 1.807) is 12.1 Å². The maximum atomic E-state index is 13.6. The number of halogens is 1. The van der Waals surface area contributed by atoms with E-state index in [-0.39, 0.29) is 5.82 Å². The molecule has 2 heteroatoms. The van der Waals surface area contributed by atoms with Gasteiger partial charge in [0.2, 0.25) is 0 Å². The number of hydrogen-bond donors (Lipinski definition) is 0. The van der Waals surface area contributed by atoms with Gasteiger partial charge in [-0.3, -0.25) is 0 Å². The second-order valence-electron chi connectivity index (χ2n) is 5.35. The van der Waals surface area contributed by atoms with Crippen LogP contribution in [0.2, 0.25) is 0 Å². The molecule has 0 saturated carbocycles. The molecule has 1 nitrogen and oxygen atoms in total. The van der Waals surface area contributed by atoms with Crippen LogP contribution in [-0.4, -0.2) is 4.57 Å². The summed E-state index contributed by atoms with van der Waals surface area (Å²) in [4.78, 5) is 0. The topological polar surface area (TPSA) is 4.93 Å². The molecule has 0 unspecified atom stereocenters. The second kappa shape index (κ2) is 4.45. The molecule has 1 aromatic heterocycles. The second-order valence-corrected chi connectivity index (χ2v) is 5.35. The maximum absolute atomic E-state index is 13.6. The van der Waals surface area contributed by atoms with Crippen molar-refractivity contribution in [2.45, 2.75) is 6.92 Å². The van der Waals surface area contributed by atoms with Gasteiger partial charge in [0.15, 0.2) is 0 Å². The zero-order valence-electron chi connectivity index (χ0n) is 11.7. The van der Waals surface area contributed by atoms with Gasteiger partial charge in [-0.25, -0.2) is 4.39 Å². The minimum Gasteiger partial charge on any atom is -0.309 e. The predicted molar refractivity (Wildman–Crippen MR) is 85.5 cm³/mol. The Hall–Kier alpha value is -2.61. The SMILES string of the molecule is Cc1ccc2c3ccccc3n(-c3cccc(F)c3)c2c1. The first-order chi connectivity index (χ1) is 10.2. The van der Waals surface area contributed by atoms with Gasteiger partial charge < -0.3 is 4.57 Å². The Bertz CT molecular complexity index is 966. The van der Waals surface area contributed by atoms with Crippen molar-refractivity contribution in [3.8, 4) is 5.69 Å². The fourth-order valence-corrected chi connectivity index (χ4v) is 2.97. The average molecular weight is 275 g/mol. The molecule has 0 N–H and O–H groups in total. The molecule has 0 amide bonds. The Balaban J connectivity index is 2.21. The standard InChI is InChI=1S/C19H14FN/c1-13-9-10-17-16-7-2-3-8-18(16)21(19(17)11-13)15-6-4-5-14(20)12-15/h2-12H,1H3. The van der Waals surface area contributed by atoms with Gasteiger partial charge in [-0.1, -0.05) is 36.4 Å². The van der Waals surface area contributed by atoms with Crippen molar-refractivity contribution >= 4 is 21.8 Å². The van der Waals surface area contributed by atoms with Crippen LogP contribution in [0.5, 0.6) is 0 Å². The molecule has 0 aliphatic carbocycles. The fourth-order valence-electron chi connectivity index (χ4n) is 2.97. The Labute approximate surface area is 122 Å². The predicted octanol–water partition coefficient (Wildman–Crippen LogP) is 5.23. The molecule has 0 saturated heterocycles. The van der Waals surface area contributed by atoms with Gasteiger partial charge in [0, 0.05) is 16.5 Å². The summed E-state index contributed by atoms with van der Waals surface area (Å²) >= 11 is 0. The van der Waals surface area contributed by atoms with E-state index in [2.05, 4.69) is 41.8 Å². The number of aryl methyl sites for hydroxylation is 1. The molecule has 102 valence electrons. The van der Waals surface area contributed by atoms with Gasteiger partial charge in [0.25, 0.3) is 0 Å².